The van der Waals surface area contributed by atoms with Crippen molar-refractivity contribution in [2.75, 3.05) is 5.32 Å². The quantitative estimate of drug-likeness (QED) is 0.898. The molecule has 0 saturated heterocycles. The first-order valence-electron chi connectivity index (χ1n) is 5.98. The van der Waals surface area contributed by atoms with Gasteiger partial charge in [-0.05, 0) is 43.0 Å². The summed E-state index contributed by atoms with van der Waals surface area (Å²) in [6, 6.07) is 12.6. The van der Waals surface area contributed by atoms with E-state index in [4.69, 9.17) is 5.26 Å². The first kappa shape index (κ1) is 12.7. The fourth-order valence-electron chi connectivity index (χ4n) is 1.92. The summed E-state index contributed by atoms with van der Waals surface area (Å²) in [6.07, 6.45) is 0.983. The molecule has 0 fully saturated rings. The number of hydrogen-bond acceptors (Lipinski definition) is 3. The van der Waals surface area contributed by atoms with Crippen molar-refractivity contribution < 1.29 is 0 Å². The van der Waals surface area contributed by atoms with Crippen LogP contribution in [0.4, 0.5) is 5.69 Å². The molecule has 18 heavy (non-hydrogen) atoms. The van der Waals surface area contributed by atoms with Gasteiger partial charge in [0.15, 0.2) is 0 Å². The Kier molecular flexibility index (Phi) is 4.01. The molecular weight excluding hydrogens is 240 g/mol. The van der Waals surface area contributed by atoms with Crippen LogP contribution in [-0.2, 0) is 6.42 Å². The van der Waals surface area contributed by atoms with Crippen LogP contribution < -0.4 is 5.32 Å². The normalized spacial score (nSPS) is 11.8. The molecule has 3 heteroatoms. The second-order valence-corrected chi connectivity index (χ2v) is 5.52. The molecule has 1 heterocycles. The zero-order valence-electron chi connectivity index (χ0n) is 10.6. The Labute approximate surface area is 112 Å². The molecule has 1 atom stereocenters. The van der Waals surface area contributed by atoms with Gasteiger partial charge < -0.3 is 5.32 Å². The van der Waals surface area contributed by atoms with Crippen LogP contribution >= 0.6 is 11.3 Å². The average Bonchev–Trinajstić information content (AvgIpc) is 2.82. The van der Waals surface area contributed by atoms with Gasteiger partial charge in [0.2, 0.25) is 0 Å². The summed E-state index contributed by atoms with van der Waals surface area (Å²) in [6.45, 7) is 4.18. The highest BCUT2D eigenvalue weighted by Gasteiger charge is 2.08. The van der Waals surface area contributed by atoms with Gasteiger partial charge in [-0.3, -0.25) is 0 Å². The lowest BCUT2D eigenvalue weighted by Crippen LogP contribution is -2.18. The van der Waals surface area contributed by atoms with Crippen LogP contribution in [0.5, 0.6) is 0 Å². The van der Waals surface area contributed by atoms with E-state index in [9.17, 15) is 0 Å². The summed E-state index contributed by atoms with van der Waals surface area (Å²) in [7, 11) is 0. The summed E-state index contributed by atoms with van der Waals surface area (Å²) in [5.74, 6) is 0. The van der Waals surface area contributed by atoms with Crippen LogP contribution in [0.2, 0.25) is 0 Å². The average molecular weight is 256 g/mol. The maximum atomic E-state index is 9.09. The van der Waals surface area contributed by atoms with Gasteiger partial charge in [0.05, 0.1) is 11.3 Å². The Morgan fingerprint density at radius 2 is 2.22 bits per heavy atom. The van der Waals surface area contributed by atoms with Gasteiger partial charge in [-0.2, -0.15) is 5.26 Å². The molecule has 0 aliphatic rings. The molecule has 1 unspecified atom stereocenters. The van der Waals surface area contributed by atoms with E-state index < -0.39 is 0 Å². The van der Waals surface area contributed by atoms with E-state index in [2.05, 4.69) is 35.8 Å². The van der Waals surface area contributed by atoms with Gasteiger partial charge in [0.25, 0.3) is 0 Å². The highest BCUT2D eigenvalue weighted by molar-refractivity contribution is 7.09. The van der Waals surface area contributed by atoms with Gasteiger partial charge in [-0.15, -0.1) is 11.3 Å². The third-order valence-corrected chi connectivity index (χ3v) is 3.68. The monoisotopic (exact) mass is 256 g/mol. The molecule has 0 saturated carbocycles. The first-order chi connectivity index (χ1) is 8.69. The smallest absolute Gasteiger partial charge is 0.101 e. The number of rotatable bonds is 4. The Bertz CT molecular complexity index is 552. The van der Waals surface area contributed by atoms with E-state index in [1.165, 1.54) is 10.4 Å². The molecule has 1 N–H and O–H groups in total. The van der Waals surface area contributed by atoms with Crippen molar-refractivity contribution in [1.82, 2.24) is 0 Å². The third kappa shape index (κ3) is 3.12. The van der Waals surface area contributed by atoms with E-state index in [1.54, 1.807) is 11.3 Å². The van der Waals surface area contributed by atoms with Crippen LogP contribution in [0, 0.1) is 18.3 Å². The first-order valence-corrected chi connectivity index (χ1v) is 6.86. The number of thiophene rings is 1. The molecule has 0 bridgehead atoms. The molecule has 0 aliphatic heterocycles. The van der Waals surface area contributed by atoms with E-state index in [0.29, 0.717) is 11.6 Å². The zero-order chi connectivity index (χ0) is 13.0. The lowest BCUT2D eigenvalue weighted by atomic mass is 10.1. The highest BCUT2D eigenvalue weighted by atomic mass is 32.1. The van der Waals surface area contributed by atoms with E-state index >= 15 is 0 Å². The highest BCUT2D eigenvalue weighted by Crippen LogP contribution is 2.19. The van der Waals surface area contributed by atoms with Crippen LogP contribution in [0.15, 0.2) is 35.7 Å². The summed E-state index contributed by atoms with van der Waals surface area (Å²) in [4.78, 5) is 1.36. The summed E-state index contributed by atoms with van der Waals surface area (Å²) in [5, 5.41) is 14.6. The largest absolute Gasteiger partial charge is 0.381 e. The third-order valence-electron chi connectivity index (χ3n) is 2.78. The number of nitrogens with zero attached hydrogens (tertiary/aromatic N) is 1. The van der Waals surface area contributed by atoms with Crippen LogP contribution in [0.3, 0.4) is 0 Å². The van der Waals surface area contributed by atoms with Gasteiger partial charge in [-0.25, -0.2) is 0 Å². The Hall–Kier alpha value is -1.79. The molecule has 0 radical (unpaired) electrons. The summed E-state index contributed by atoms with van der Waals surface area (Å²) < 4.78 is 0. The number of nitrogens with one attached hydrogen (secondary N) is 1. The number of aryl methyl sites for hydroxylation is 1. The number of benzene rings is 1. The fraction of sp³-hybridized carbons (Fsp3) is 0.267. The topological polar surface area (TPSA) is 35.8 Å². The molecule has 0 spiro atoms. The molecule has 92 valence electrons. The summed E-state index contributed by atoms with van der Waals surface area (Å²) >= 11 is 1.77. The van der Waals surface area contributed by atoms with Crippen molar-refractivity contribution in [1.29, 1.82) is 5.26 Å². The summed E-state index contributed by atoms with van der Waals surface area (Å²) in [5.41, 5.74) is 2.81. The molecule has 1 aromatic heterocycles. The van der Waals surface area contributed by atoms with Gasteiger partial charge in [0, 0.05) is 17.3 Å². The lowest BCUT2D eigenvalue weighted by Gasteiger charge is -2.16. The Morgan fingerprint density at radius 1 is 1.39 bits per heavy atom. The van der Waals surface area contributed by atoms with Crippen LogP contribution in [-0.4, -0.2) is 6.04 Å². The van der Waals surface area contributed by atoms with Crippen LogP contribution in [0.25, 0.3) is 0 Å². The SMILES string of the molecule is Cc1ccc(C#N)c(NC(C)Cc2cccs2)c1. The maximum absolute atomic E-state index is 9.09. The second-order valence-electron chi connectivity index (χ2n) is 4.49. The lowest BCUT2D eigenvalue weighted by molar-refractivity contribution is 0.800. The standard InChI is InChI=1S/C15H16N2S/c1-11-5-6-13(10-16)15(8-11)17-12(2)9-14-4-3-7-18-14/h3-8,12,17H,9H2,1-2H3. The predicted molar refractivity (Wildman–Crippen MR) is 77.0 cm³/mol. The van der Waals surface area contributed by atoms with Gasteiger partial charge >= 0.3 is 0 Å². The van der Waals surface area contributed by atoms with Gasteiger partial charge in [-0.1, -0.05) is 12.1 Å². The number of nitriles is 1. The maximum Gasteiger partial charge on any atom is 0.101 e. The Balaban J connectivity index is 2.09. The molecule has 0 aliphatic carbocycles. The van der Waals surface area contributed by atoms with E-state index in [1.807, 2.05) is 25.1 Å². The van der Waals surface area contributed by atoms with Crippen LogP contribution in [0.1, 0.15) is 22.9 Å². The number of hydrogen-bond donors (Lipinski definition) is 1. The second kappa shape index (κ2) is 5.70. The van der Waals surface area contributed by atoms with E-state index in [-0.39, 0.29) is 0 Å². The molecule has 2 nitrogen and oxygen atoms in total. The Morgan fingerprint density at radius 3 is 2.89 bits per heavy atom. The zero-order valence-corrected chi connectivity index (χ0v) is 11.4. The van der Waals surface area contributed by atoms with Gasteiger partial charge in [0.1, 0.15) is 6.07 Å². The van der Waals surface area contributed by atoms with E-state index in [0.717, 1.165) is 12.1 Å². The predicted octanol–water partition coefficient (Wildman–Crippen LogP) is 3.97. The molecule has 1 aromatic carbocycles. The van der Waals surface area contributed by atoms with Crippen molar-refractivity contribution in [3.05, 3.63) is 51.7 Å². The minimum absolute atomic E-state index is 0.317. The minimum Gasteiger partial charge on any atom is -0.381 e. The molecule has 2 rings (SSSR count). The number of anilines is 1. The molecule has 0 amide bonds. The van der Waals surface area contributed by atoms with Crippen molar-refractivity contribution in [3.8, 4) is 6.07 Å². The van der Waals surface area contributed by atoms with Crippen molar-refractivity contribution >= 4 is 17.0 Å². The van der Waals surface area contributed by atoms with Crippen molar-refractivity contribution in [2.45, 2.75) is 26.3 Å². The fourth-order valence-corrected chi connectivity index (χ4v) is 2.76. The van der Waals surface area contributed by atoms with Crippen molar-refractivity contribution in [3.63, 3.8) is 0 Å². The van der Waals surface area contributed by atoms with Crippen molar-refractivity contribution in [2.24, 2.45) is 0 Å². The minimum atomic E-state index is 0.317. The molecular formula is C15H16N2S. The molecule has 2 aromatic rings.